The molecule has 0 saturated carbocycles. The highest BCUT2D eigenvalue weighted by Gasteiger charge is 2.21. The summed E-state index contributed by atoms with van der Waals surface area (Å²) in [6.45, 7) is 4.39. The van der Waals surface area contributed by atoms with Crippen molar-refractivity contribution in [3.05, 3.63) is 23.3 Å². The molecule has 0 bridgehead atoms. The van der Waals surface area contributed by atoms with Crippen molar-refractivity contribution >= 4 is 0 Å². The second-order valence-electron chi connectivity index (χ2n) is 4.36. The van der Waals surface area contributed by atoms with Crippen molar-refractivity contribution in [2.24, 2.45) is 0 Å². The summed E-state index contributed by atoms with van der Waals surface area (Å²) in [6, 6.07) is 0. The first kappa shape index (κ1) is 9.01. The van der Waals surface area contributed by atoms with Crippen LogP contribution in [0.3, 0.4) is 0 Å². The minimum Gasteiger partial charge on any atom is -0.374 e. The summed E-state index contributed by atoms with van der Waals surface area (Å²) in [5, 5.41) is 0. The summed E-state index contributed by atoms with van der Waals surface area (Å²) >= 11 is 0. The van der Waals surface area contributed by atoms with Crippen molar-refractivity contribution in [2.75, 3.05) is 0 Å². The second kappa shape index (κ2) is 3.67. The molecule has 0 aliphatic heterocycles. The Morgan fingerprint density at radius 2 is 1.46 bits per heavy atom. The molecule has 0 heterocycles. The van der Waals surface area contributed by atoms with Gasteiger partial charge >= 0.3 is 0 Å². The largest absolute Gasteiger partial charge is 0.374 e. The number of hydrogen-bond acceptors (Lipinski definition) is 1. The van der Waals surface area contributed by atoms with Crippen LogP contribution in [0.4, 0.5) is 0 Å². The van der Waals surface area contributed by atoms with Crippen LogP contribution in [0.25, 0.3) is 0 Å². The van der Waals surface area contributed by atoms with Crippen LogP contribution in [0.2, 0.25) is 0 Å². The van der Waals surface area contributed by atoms with Crippen LogP contribution in [0.1, 0.15) is 39.5 Å². The molecular formula is C12H18O. The fraction of sp³-hybridized carbons (Fsp3) is 0.667. The molecular weight excluding hydrogens is 160 g/mol. The van der Waals surface area contributed by atoms with Crippen LogP contribution in [-0.2, 0) is 4.74 Å². The van der Waals surface area contributed by atoms with Gasteiger partial charge in [0.05, 0.1) is 12.2 Å². The maximum Gasteiger partial charge on any atom is 0.0650 e. The van der Waals surface area contributed by atoms with E-state index in [2.05, 4.69) is 26.0 Å². The van der Waals surface area contributed by atoms with Gasteiger partial charge in [-0.1, -0.05) is 23.3 Å². The number of rotatable bonds is 2. The second-order valence-corrected chi connectivity index (χ2v) is 4.36. The average molecular weight is 178 g/mol. The Hall–Kier alpha value is -0.560. The standard InChI is InChI=1S/C12H18O/c1-9-3-5-11(7-9)13-12-6-4-10(2)8-12/h3-4,11-12H,5-8H2,1-2H3. The first-order chi connectivity index (χ1) is 6.24. The van der Waals surface area contributed by atoms with Crippen molar-refractivity contribution in [1.29, 1.82) is 0 Å². The molecule has 1 nitrogen and oxygen atoms in total. The molecule has 2 aliphatic rings. The van der Waals surface area contributed by atoms with Gasteiger partial charge < -0.3 is 4.74 Å². The van der Waals surface area contributed by atoms with Gasteiger partial charge in [0.2, 0.25) is 0 Å². The van der Waals surface area contributed by atoms with Gasteiger partial charge in [0.25, 0.3) is 0 Å². The topological polar surface area (TPSA) is 9.23 Å². The molecule has 0 saturated heterocycles. The highest BCUT2D eigenvalue weighted by molar-refractivity contribution is 5.10. The van der Waals surface area contributed by atoms with Crippen LogP contribution < -0.4 is 0 Å². The Kier molecular flexibility index (Phi) is 2.54. The SMILES string of the molecule is CC1=CCC(OC2CC=C(C)C2)C1. The van der Waals surface area contributed by atoms with Gasteiger partial charge in [0.15, 0.2) is 0 Å². The summed E-state index contributed by atoms with van der Waals surface area (Å²) in [5.41, 5.74) is 2.99. The van der Waals surface area contributed by atoms with E-state index in [1.165, 1.54) is 11.1 Å². The lowest BCUT2D eigenvalue weighted by molar-refractivity contribution is 0.00108. The third kappa shape index (κ3) is 2.22. The van der Waals surface area contributed by atoms with Crippen molar-refractivity contribution in [1.82, 2.24) is 0 Å². The highest BCUT2D eigenvalue weighted by Crippen LogP contribution is 2.27. The monoisotopic (exact) mass is 178 g/mol. The average Bonchev–Trinajstić information content (AvgIpc) is 2.62. The normalized spacial score (nSPS) is 33.4. The minimum atomic E-state index is 0.476. The van der Waals surface area contributed by atoms with E-state index < -0.39 is 0 Å². The summed E-state index contributed by atoms with van der Waals surface area (Å²) in [6.07, 6.45) is 10.1. The molecule has 0 aromatic heterocycles. The fourth-order valence-corrected chi connectivity index (χ4v) is 2.20. The molecule has 0 N–H and O–H groups in total. The molecule has 1 heteroatoms. The van der Waals surface area contributed by atoms with Crippen LogP contribution in [0.5, 0.6) is 0 Å². The number of ether oxygens (including phenoxy) is 1. The lowest BCUT2D eigenvalue weighted by Crippen LogP contribution is -2.17. The van der Waals surface area contributed by atoms with Crippen LogP contribution in [-0.4, -0.2) is 12.2 Å². The van der Waals surface area contributed by atoms with Gasteiger partial charge in [-0.05, 0) is 39.5 Å². The quantitative estimate of drug-likeness (QED) is 0.590. The number of hydrogen-bond donors (Lipinski definition) is 0. The lowest BCUT2D eigenvalue weighted by atomic mass is 10.2. The van der Waals surface area contributed by atoms with Crippen molar-refractivity contribution < 1.29 is 4.74 Å². The van der Waals surface area contributed by atoms with E-state index in [4.69, 9.17) is 4.74 Å². The Labute approximate surface area is 80.5 Å². The predicted octanol–water partition coefficient (Wildman–Crippen LogP) is 3.22. The zero-order valence-corrected chi connectivity index (χ0v) is 8.55. The van der Waals surface area contributed by atoms with Crippen molar-refractivity contribution in [3.63, 3.8) is 0 Å². The van der Waals surface area contributed by atoms with Crippen molar-refractivity contribution in [3.8, 4) is 0 Å². The molecule has 0 amide bonds. The molecule has 13 heavy (non-hydrogen) atoms. The summed E-state index contributed by atoms with van der Waals surface area (Å²) in [5.74, 6) is 0. The van der Waals surface area contributed by atoms with E-state index in [1.54, 1.807) is 0 Å². The van der Waals surface area contributed by atoms with Crippen LogP contribution >= 0.6 is 0 Å². The van der Waals surface area contributed by atoms with E-state index in [0.717, 1.165) is 25.7 Å². The Bertz CT molecular complexity index is 224. The minimum absolute atomic E-state index is 0.476. The third-order valence-corrected chi connectivity index (χ3v) is 2.94. The smallest absolute Gasteiger partial charge is 0.0650 e. The van der Waals surface area contributed by atoms with E-state index in [1.807, 2.05) is 0 Å². The fourth-order valence-electron chi connectivity index (χ4n) is 2.20. The van der Waals surface area contributed by atoms with Crippen LogP contribution in [0, 0.1) is 0 Å². The molecule has 0 aromatic rings. The molecule has 2 atom stereocenters. The van der Waals surface area contributed by atoms with E-state index in [0.29, 0.717) is 12.2 Å². The summed E-state index contributed by atoms with van der Waals surface area (Å²) in [4.78, 5) is 0. The molecule has 0 aromatic carbocycles. The van der Waals surface area contributed by atoms with Gasteiger partial charge in [0, 0.05) is 0 Å². The predicted molar refractivity (Wildman–Crippen MR) is 54.6 cm³/mol. The molecule has 2 aliphatic carbocycles. The molecule has 72 valence electrons. The first-order valence-electron chi connectivity index (χ1n) is 5.21. The zero-order chi connectivity index (χ0) is 9.26. The maximum atomic E-state index is 6.01. The first-order valence-corrected chi connectivity index (χ1v) is 5.21. The molecule has 2 unspecified atom stereocenters. The summed E-state index contributed by atoms with van der Waals surface area (Å²) in [7, 11) is 0. The Balaban J connectivity index is 1.75. The third-order valence-electron chi connectivity index (χ3n) is 2.94. The molecule has 0 radical (unpaired) electrons. The van der Waals surface area contributed by atoms with Gasteiger partial charge in [-0.25, -0.2) is 0 Å². The highest BCUT2D eigenvalue weighted by atomic mass is 16.5. The summed E-state index contributed by atoms with van der Waals surface area (Å²) < 4.78 is 6.01. The van der Waals surface area contributed by atoms with E-state index in [9.17, 15) is 0 Å². The van der Waals surface area contributed by atoms with Crippen molar-refractivity contribution in [2.45, 2.75) is 51.7 Å². The van der Waals surface area contributed by atoms with Gasteiger partial charge in [-0.15, -0.1) is 0 Å². The lowest BCUT2D eigenvalue weighted by Gasteiger charge is -2.17. The van der Waals surface area contributed by atoms with Gasteiger partial charge in [0.1, 0.15) is 0 Å². The van der Waals surface area contributed by atoms with Gasteiger partial charge in [-0.2, -0.15) is 0 Å². The van der Waals surface area contributed by atoms with Gasteiger partial charge in [-0.3, -0.25) is 0 Å². The van der Waals surface area contributed by atoms with Crippen LogP contribution in [0.15, 0.2) is 23.3 Å². The maximum absolute atomic E-state index is 6.01. The molecule has 2 rings (SSSR count). The molecule has 0 fully saturated rings. The zero-order valence-electron chi connectivity index (χ0n) is 8.55. The Morgan fingerprint density at radius 1 is 1.00 bits per heavy atom. The Morgan fingerprint density at radius 3 is 1.77 bits per heavy atom. The molecule has 0 spiro atoms. The van der Waals surface area contributed by atoms with E-state index >= 15 is 0 Å². The van der Waals surface area contributed by atoms with E-state index in [-0.39, 0.29) is 0 Å².